The average Bonchev–Trinajstić information content (AvgIpc) is 2.47. The van der Waals surface area contributed by atoms with Gasteiger partial charge in [0.2, 0.25) is 9.84 Å². The van der Waals surface area contributed by atoms with E-state index in [0.717, 1.165) is 0 Å². The molecule has 2 N–H and O–H groups in total. The van der Waals surface area contributed by atoms with Gasteiger partial charge in [0.1, 0.15) is 9.79 Å². The number of para-hydroxylation sites is 2. The Labute approximate surface area is 109 Å². The second-order valence-corrected chi connectivity index (χ2v) is 5.47. The first-order valence-electron chi connectivity index (χ1n) is 5.17. The van der Waals surface area contributed by atoms with E-state index < -0.39 is 9.84 Å². The Morgan fingerprint density at radius 3 is 1.47 bits per heavy atom. The van der Waals surface area contributed by atoms with Gasteiger partial charge in [-0.15, -0.1) is 0 Å². The SMILES string of the molecule is O=S(=O)(c1ccccc1OO)c1ccccc1OO. The molecule has 2 aromatic carbocycles. The number of rotatable bonds is 4. The molecule has 100 valence electrons. The third-order valence-corrected chi connectivity index (χ3v) is 4.31. The Kier molecular flexibility index (Phi) is 3.70. The quantitative estimate of drug-likeness (QED) is 0.659. The van der Waals surface area contributed by atoms with Crippen LogP contribution >= 0.6 is 0 Å². The molecule has 0 saturated carbocycles. The van der Waals surface area contributed by atoms with E-state index >= 15 is 0 Å². The maximum Gasteiger partial charge on any atom is 0.214 e. The van der Waals surface area contributed by atoms with Crippen molar-refractivity contribution in [3.8, 4) is 11.5 Å². The van der Waals surface area contributed by atoms with Crippen LogP contribution < -0.4 is 9.78 Å². The number of sulfone groups is 1. The fourth-order valence-corrected chi connectivity index (χ4v) is 3.11. The molecule has 0 atom stereocenters. The molecular weight excluding hydrogens is 272 g/mol. The summed E-state index contributed by atoms with van der Waals surface area (Å²) in [6.07, 6.45) is 0. The Balaban J connectivity index is 2.66. The highest BCUT2D eigenvalue weighted by molar-refractivity contribution is 7.91. The van der Waals surface area contributed by atoms with Crippen molar-refractivity contribution >= 4 is 9.84 Å². The lowest BCUT2D eigenvalue weighted by Crippen LogP contribution is -2.06. The summed E-state index contributed by atoms with van der Waals surface area (Å²) in [5.41, 5.74) is 0. The van der Waals surface area contributed by atoms with Crippen LogP contribution in [-0.4, -0.2) is 18.9 Å². The van der Waals surface area contributed by atoms with Crippen LogP contribution in [0.4, 0.5) is 0 Å². The van der Waals surface area contributed by atoms with E-state index in [9.17, 15) is 8.42 Å². The van der Waals surface area contributed by atoms with Crippen molar-refractivity contribution in [3.05, 3.63) is 48.5 Å². The van der Waals surface area contributed by atoms with Gasteiger partial charge in [-0.2, -0.15) is 0 Å². The lowest BCUT2D eigenvalue weighted by atomic mass is 10.3. The standard InChI is InChI=1S/C12H10O6S/c13-17-9-5-1-3-7-11(9)19(15,16)12-8-4-2-6-10(12)18-14/h1-8,13-14H. The minimum absolute atomic E-state index is 0.213. The molecule has 19 heavy (non-hydrogen) atoms. The van der Waals surface area contributed by atoms with Gasteiger partial charge in [0.25, 0.3) is 0 Å². The summed E-state index contributed by atoms with van der Waals surface area (Å²) < 4.78 is 24.8. The van der Waals surface area contributed by atoms with Crippen LogP contribution in [0.1, 0.15) is 0 Å². The van der Waals surface area contributed by atoms with Gasteiger partial charge in [0, 0.05) is 0 Å². The molecule has 0 unspecified atom stereocenters. The van der Waals surface area contributed by atoms with Crippen LogP contribution in [0.5, 0.6) is 11.5 Å². The van der Waals surface area contributed by atoms with Crippen LogP contribution in [0.15, 0.2) is 58.3 Å². The van der Waals surface area contributed by atoms with E-state index in [1.165, 1.54) is 48.5 Å². The maximum atomic E-state index is 12.4. The monoisotopic (exact) mass is 282 g/mol. The second kappa shape index (κ2) is 5.27. The summed E-state index contributed by atoms with van der Waals surface area (Å²) in [6, 6.07) is 11.1. The van der Waals surface area contributed by atoms with E-state index in [2.05, 4.69) is 9.78 Å². The summed E-state index contributed by atoms with van der Waals surface area (Å²) in [6.45, 7) is 0. The summed E-state index contributed by atoms with van der Waals surface area (Å²) in [7, 11) is -3.99. The Bertz CT molecular complexity index is 627. The molecular formula is C12H10O6S. The van der Waals surface area contributed by atoms with Gasteiger partial charge in [0.05, 0.1) is 0 Å². The first-order valence-corrected chi connectivity index (χ1v) is 6.65. The third kappa shape index (κ3) is 2.39. The lowest BCUT2D eigenvalue weighted by Gasteiger charge is -2.09. The van der Waals surface area contributed by atoms with Crippen LogP contribution in [0, 0.1) is 0 Å². The zero-order valence-electron chi connectivity index (χ0n) is 9.55. The van der Waals surface area contributed by atoms with E-state index in [4.69, 9.17) is 10.5 Å². The fourth-order valence-electron chi connectivity index (χ4n) is 1.61. The van der Waals surface area contributed by atoms with E-state index in [-0.39, 0.29) is 21.3 Å². The topological polar surface area (TPSA) is 93.1 Å². The number of hydrogen-bond acceptors (Lipinski definition) is 6. The first-order chi connectivity index (χ1) is 9.11. The van der Waals surface area contributed by atoms with Crippen LogP contribution in [0.2, 0.25) is 0 Å². The molecule has 0 spiro atoms. The minimum Gasteiger partial charge on any atom is -0.339 e. The highest BCUT2D eigenvalue weighted by atomic mass is 32.2. The highest BCUT2D eigenvalue weighted by Crippen LogP contribution is 2.33. The maximum absolute atomic E-state index is 12.4. The molecule has 0 fully saturated rings. The zero-order chi connectivity index (χ0) is 13.9. The van der Waals surface area contributed by atoms with E-state index in [0.29, 0.717) is 0 Å². The van der Waals surface area contributed by atoms with Crippen molar-refractivity contribution in [2.75, 3.05) is 0 Å². The first kappa shape index (κ1) is 13.3. The molecule has 0 aliphatic heterocycles. The Hall–Kier alpha value is -2.09. The Morgan fingerprint density at radius 2 is 1.11 bits per heavy atom. The average molecular weight is 282 g/mol. The fraction of sp³-hybridized carbons (Fsp3) is 0. The molecule has 0 radical (unpaired) electrons. The van der Waals surface area contributed by atoms with Gasteiger partial charge < -0.3 is 9.78 Å². The van der Waals surface area contributed by atoms with E-state index in [1.54, 1.807) is 0 Å². The van der Waals surface area contributed by atoms with Gasteiger partial charge in [-0.05, 0) is 24.3 Å². The molecule has 6 nitrogen and oxygen atoms in total. The van der Waals surface area contributed by atoms with Crippen LogP contribution in [-0.2, 0) is 9.84 Å². The van der Waals surface area contributed by atoms with Gasteiger partial charge in [-0.1, -0.05) is 24.3 Å². The second-order valence-electron chi connectivity index (χ2n) is 3.58. The largest absolute Gasteiger partial charge is 0.339 e. The molecule has 0 aliphatic carbocycles. The van der Waals surface area contributed by atoms with Crippen molar-refractivity contribution in [2.45, 2.75) is 9.79 Å². The number of benzene rings is 2. The molecule has 0 aromatic heterocycles. The van der Waals surface area contributed by atoms with Crippen LogP contribution in [0.25, 0.3) is 0 Å². The molecule has 2 rings (SSSR count). The van der Waals surface area contributed by atoms with Crippen molar-refractivity contribution in [1.82, 2.24) is 0 Å². The molecule has 2 aromatic rings. The molecule has 0 saturated heterocycles. The van der Waals surface area contributed by atoms with Crippen molar-refractivity contribution in [2.24, 2.45) is 0 Å². The molecule has 0 heterocycles. The van der Waals surface area contributed by atoms with Crippen molar-refractivity contribution in [1.29, 1.82) is 0 Å². The third-order valence-electron chi connectivity index (χ3n) is 2.47. The molecule has 0 aliphatic rings. The zero-order valence-corrected chi connectivity index (χ0v) is 10.4. The van der Waals surface area contributed by atoms with Crippen LogP contribution in [0.3, 0.4) is 0 Å². The summed E-state index contributed by atoms with van der Waals surface area (Å²) in [5, 5.41) is 17.4. The highest BCUT2D eigenvalue weighted by Gasteiger charge is 2.26. The van der Waals surface area contributed by atoms with Crippen molar-refractivity contribution in [3.63, 3.8) is 0 Å². The Morgan fingerprint density at radius 1 is 0.737 bits per heavy atom. The summed E-state index contributed by atoms with van der Waals surface area (Å²) in [4.78, 5) is 7.62. The minimum atomic E-state index is -3.99. The predicted octanol–water partition coefficient (Wildman–Crippen LogP) is 2.22. The number of hydrogen-bond donors (Lipinski definition) is 2. The van der Waals surface area contributed by atoms with Gasteiger partial charge in [-0.3, -0.25) is 0 Å². The van der Waals surface area contributed by atoms with Gasteiger partial charge in [0.15, 0.2) is 11.5 Å². The van der Waals surface area contributed by atoms with Gasteiger partial charge >= 0.3 is 0 Å². The van der Waals surface area contributed by atoms with E-state index in [1.807, 2.05) is 0 Å². The predicted molar refractivity (Wildman–Crippen MR) is 64.8 cm³/mol. The summed E-state index contributed by atoms with van der Waals surface area (Å²) in [5.74, 6) is -0.425. The summed E-state index contributed by atoms with van der Waals surface area (Å²) >= 11 is 0. The molecule has 0 bridgehead atoms. The van der Waals surface area contributed by atoms with Crippen molar-refractivity contribution < 1.29 is 28.7 Å². The molecule has 0 amide bonds. The molecule has 7 heteroatoms. The smallest absolute Gasteiger partial charge is 0.214 e. The normalized spacial score (nSPS) is 11.1. The lowest BCUT2D eigenvalue weighted by molar-refractivity contribution is -0.140. The van der Waals surface area contributed by atoms with Gasteiger partial charge in [-0.25, -0.2) is 18.9 Å².